The minimum absolute atomic E-state index is 0.152. The van der Waals surface area contributed by atoms with E-state index in [2.05, 4.69) is 5.32 Å². The zero-order valence-corrected chi connectivity index (χ0v) is 19.3. The normalized spacial score (nSPS) is 25.9. The molecule has 7 heteroatoms. The van der Waals surface area contributed by atoms with Crippen LogP contribution in [0.2, 0.25) is 0 Å². The molecule has 1 saturated carbocycles. The SMILES string of the molecule is COC(=O)[C@H]1C(=O)C2=C(C[C@H]1C)NC(C)=C(C(=O)OC1CCCCC1)[C@@H]2c1ccc(F)cc1. The number of benzene rings is 1. The summed E-state index contributed by atoms with van der Waals surface area (Å²) in [5.74, 6) is -3.80. The number of carbonyl (C=O) groups is 3. The van der Waals surface area contributed by atoms with E-state index in [0.29, 0.717) is 34.5 Å². The molecule has 0 aromatic heterocycles. The van der Waals surface area contributed by atoms with E-state index < -0.39 is 29.6 Å². The van der Waals surface area contributed by atoms with Gasteiger partial charge in [-0.05, 0) is 62.6 Å². The second-order valence-electron chi connectivity index (χ2n) is 9.25. The molecule has 2 aliphatic carbocycles. The highest BCUT2D eigenvalue weighted by molar-refractivity contribution is 6.12. The van der Waals surface area contributed by atoms with Gasteiger partial charge in [-0.15, -0.1) is 0 Å². The Hall–Kier alpha value is -2.96. The number of Topliss-reactive ketones (excluding diaryl/α,β-unsaturated/α-hetero) is 1. The maximum Gasteiger partial charge on any atom is 0.337 e. The Morgan fingerprint density at radius 1 is 1.09 bits per heavy atom. The van der Waals surface area contributed by atoms with E-state index in [1.165, 1.54) is 19.2 Å². The highest BCUT2D eigenvalue weighted by atomic mass is 19.1. The molecule has 1 heterocycles. The summed E-state index contributed by atoms with van der Waals surface area (Å²) >= 11 is 0. The fraction of sp³-hybridized carbons (Fsp3) is 0.500. The Kier molecular flexibility index (Phi) is 6.68. The third-order valence-corrected chi connectivity index (χ3v) is 6.99. The van der Waals surface area contributed by atoms with E-state index in [1.807, 2.05) is 6.92 Å². The molecular weight excluding hydrogens is 425 g/mol. The van der Waals surface area contributed by atoms with E-state index in [9.17, 15) is 18.8 Å². The van der Waals surface area contributed by atoms with E-state index in [-0.39, 0.29) is 17.8 Å². The number of hydrogen-bond donors (Lipinski definition) is 1. The first-order chi connectivity index (χ1) is 15.8. The summed E-state index contributed by atoms with van der Waals surface area (Å²) in [6, 6.07) is 5.78. The lowest BCUT2D eigenvalue weighted by Gasteiger charge is -2.38. The zero-order chi connectivity index (χ0) is 23.7. The van der Waals surface area contributed by atoms with Crippen LogP contribution in [0, 0.1) is 17.7 Å². The van der Waals surface area contributed by atoms with Gasteiger partial charge >= 0.3 is 11.9 Å². The van der Waals surface area contributed by atoms with Crippen LogP contribution in [0.1, 0.15) is 63.9 Å². The number of ether oxygens (including phenoxy) is 2. The molecule has 0 spiro atoms. The van der Waals surface area contributed by atoms with Crippen molar-refractivity contribution in [2.24, 2.45) is 11.8 Å². The molecule has 0 unspecified atom stereocenters. The van der Waals surface area contributed by atoms with Gasteiger partial charge in [0.25, 0.3) is 0 Å². The summed E-state index contributed by atoms with van der Waals surface area (Å²) in [5.41, 5.74) is 2.59. The fourth-order valence-corrected chi connectivity index (χ4v) is 5.34. The van der Waals surface area contributed by atoms with Gasteiger partial charge in [0.2, 0.25) is 0 Å². The Bertz CT molecular complexity index is 1020. The largest absolute Gasteiger partial charge is 0.468 e. The van der Waals surface area contributed by atoms with Gasteiger partial charge in [0.1, 0.15) is 17.8 Å². The number of allylic oxidation sites excluding steroid dienone is 3. The average molecular weight is 456 g/mol. The summed E-state index contributed by atoms with van der Waals surface area (Å²) in [7, 11) is 1.26. The van der Waals surface area contributed by atoms with Crippen molar-refractivity contribution in [3.63, 3.8) is 0 Å². The summed E-state index contributed by atoms with van der Waals surface area (Å²) in [4.78, 5) is 39.5. The van der Waals surface area contributed by atoms with Crippen LogP contribution in [-0.2, 0) is 23.9 Å². The fourth-order valence-electron chi connectivity index (χ4n) is 5.34. The van der Waals surface area contributed by atoms with E-state index in [0.717, 1.165) is 32.1 Å². The van der Waals surface area contributed by atoms with Crippen molar-refractivity contribution in [3.05, 3.63) is 58.2 Å². The van der Waals surface area contributed by atoms with Crippen molar-refractivity contribution in [1.82, 2.24) is 5.32 Å². The Balaban J connectivity index is 1.77. The maximum absolute atomic E-state index is 13.7. The number of nitrogens with one attached hydrogen (secondary N) is 1. The molecule has 0 radical (unpaired) electrons. The molecule has 6 nitrogen and oxygen atoms in total. The minimum atomic E-state index is -0.951. The van der Waals surface area contributed by atoms with Crippen LogP contribution >= 0.6 is 0 Å². The quantitative estimate of drug-likeness (QED) is 0.538. The lowest BCUT2D eigenvalue weighted by molar-refractivity contribution is -0.151. The van der Waals surface area contributed by atoms with Gasteiger partial charge in [0.05, 0.1) is 12.7 Å². The van der Waals surface area contributed by atoms with Gasteiger partial charge in [-0.2, -0.15) is 0 Å². The summed E-state index contributed by atoms with van der Waals surface area (Å²) in [6.45, 7) is 3.63. The number of methoxy groups -OCH3 is 1. The van der Waals surface area contributed by atoms with Gasteiger partial charge in [0.15, 0.2) is 5.78 Å². The zero-order valence-electron chi connectivity index (χ0n) is 19.3. The van der Waals surface area contributed by atoms with E-state index in [1.54, 1.807) is 19.1 Å². The second-order valence-corrected chi connectivity index (χ2v) is 9.25. The summed E-state index contributed by atoms with van der Waals surface area (Å²) in [6.07, 6.45) is 5.11. The first-order valence-electron chi connectivity index (χ1n) is 11.6. The smallest absolute Gasteiger partial charge is 0.337 e. The van der Waals surface area contributed by atoms with Gasteiger partial charge in [-0.1, -0.05) is 25.5 Å². The number of dihydropyridines is 1. The number of ketones is 1. The van der Waals surface area contributed by atoms with Gasteiger partial charge in [0, 0.05) is 22.9 Å². The highest BCUT2D eigenvalue weighted by Gasteiger charge is 2.47. The van der Waals surface area contributed by atoms with Crippen molar-refractivity contribution in [2.45, 2.75) is 64.4 Å². The molecule has 1 N–H and O–H groups in total. The monoisotopic (exact) mass is 455 g/mol. The first-order valence-corrected chi connectivity index (χ1v) is 11.6. The lowest BCUT2D eigenvalue weighted by atomic mass is 9.69. The molecule has 33 heavy (non-hydrogen) atoms. The molecule has 1 aromatic carbocycles. The van der Waals surface area contributed by atoms with E-state index >= 15 is 0 Å². The van der Waals surface area contributed by atoms with Crippen molar-refractivity contribution < 1.29 is 28.2 Å². The number of halogens is 1. The van der Waals surface area contributed by atoms with Gasteiger partial charge < -0.3 is 14.8 Å². The second kappa shape index (κ2) is 9.49. The van der Waals surface area contributed by atoms with Crippen LogP contribution in [0.25, 0.3) is 0 Å². The summed E-state index contributed by atoms with van der Waals surface area (Å²) < 4.78 is 24.5. The number of hydrogen-bond acceptors (Lipinski definition) is 6. The highest BCUT2D eigenvalue weighted by Crippen LogP contribution is 2.45. The molecule has 1 aliphatic heterocycles. The van der Waals surface area contributed by atoms with Crippen LogP contribution in [0.5, 0.6) is 0 Å². The predicted molar refractivity (Wildman–Crippen MR) is 119 cm³/mol. The molecule has 3 atom stereocenters. The Morgan fingerprint density at radius 3 is 2.39 bits per heavy atom. The topological polar surface area (TPSA) is 81.7 Å². The maximum atomic E-state index is 13.7. The first kappa shape index (κ1) is 23.2. The molecule has 0 bridgehead atoms. The number of carbonyl (C=O) groups excluding carboxylic acids is 3. The minimum Gasteiger partial charge on any atom is -0.468 e. The molecule has 0 amide bonds. The van der Waals surface area contributed by atoms with Gasteiger partial charge in [-0.25, -0.2) is 9.18 Å². The Morgan fingerprint density at radius 2 is 1.76 bits per heavy atom. The Labute approximate surface area is 193 Å². The van der Waals surface area contributed by atoms with Crippen LogP contribution in [0.4, 0.5) is 4.39 Å². The molecule has 176 valence electrons. The molecule has 1 aromatic rings. The summed E-state index contributed by atoms with van der Waals surface area (Å²) in [5, 5.41) is 3.25. The molecule has 0 saturated heterocycles. The van der Waals surface area contributed by atoms with Crippen LogP contribution in [0.3, 0.4) is 0 Å². The van der Waals surface area contributed by atoms with Gasteiger partial charge in [-0.3, -0.25) is 9.59 Å². The van der Waals surface area contributed by atoms with Crippen molar-refractivity contribution in [3.8, 4) is 0 Å². The van der Waals surface area contributed by atoms with Crippen LogP contribution in [-0.4, -0.2) is 30.9 Å². The number of rotatable bonds is 4. The van der Waals surface area contributed by atoms with Crippen LogP contribution < -0.4 is 5.32 Å². The third-order valence-electron chi connectivity index (χ3n) is 6.99. The van der Waals surface area contributed by atoms with Crippen molar-refractivity contribution in [1.29, 1.82) is 0 Å². The molecule has 4 rings (SSSR count). The van der Waals surface area contributed by atoms with Crippen molar-refractivity contribution >= 4 is 17.7 Å². The van der Waals surface area contributed by atoms with E-state index in [4.69, 9.17) is 9.47 Å². The molecule has 3 aliphatic rings. The third kappa shape index (κ3) is 4.45. The molecule has 1 fully saturated rings. The standard InChI is InChI=1S/C26H30FNO5/c1-14-13-19-23(24(29)20(14)25(30)32-3)22(16-9-11-17(27)12-10-16)21(15(2)28-19)26(31)33-18-7-5-4-6-8-18/h9-12,14,18,20,22,28H,4-8,13H2,1-3H3/t14-,20-,22+/m1/s1. The van der Waals surface area contributed by atoms with Crippen LogP contribution in [0.15, 0.2) is 46.8 Å². The lowest BCUT2D eigenvalue weighted by Crippen LogP contribution is -2.43. The number of esters is 2. The molecular formula is C26H30FNO5. The average Bonchev–Trinajstić information content (AvgIpc) is 2.79. The predicted octanol–water partition coefficient (Wildman–Crippen LogP) is 4.31. The van der Waals surface area contributed by atoms with Crippen molar-refractivity contribution in [2.75, 3.05) is 7.11 Å².